The Morgan fingerprint density at radius 2 is 2.06 bits per heavy atom. The highest BCUT2D eigenvalue weighted by atomic mass is 16.1. The molecule has 0 fully saturated rings. The molecule has 0 aliphatic rings. The van der Waals surface area contributed by atoms with Gasteiger partial charge in [-0.3, -0.25) is 4.79 Å². The number of imidazole rings is 1. The number of carbonyl (C=O) groups excluding carboxylic acids is 1. The summed E-state index contributed by atoms with van der Waals surface area (Å²) in [5, 5.41) is 0. The fourth-order valence-electron chi connectivity index (χ4n) is 1.99. The Kier molecular flexibility index (Phi) is 3.60. The van der Waals surface area contributed by atoms with Gasteiger partial charge in [-0.25, -0.2) is 4.98 Å². The van der Waals surface area contributed by atoms with E-state index in [4.69, 9.17) is 0 Å². The molecule has 1 heterocycles. The normalized spacial score (nSPS) is 10.6. The predicted molar refractivity (Wildman–Crippen MR) is 71.9 cm³/mol. The molecule has 0 aliphatic heterocycles. The van der Waals surface area contributed by atoms with Crippen LogP contribution >= 0.6 is 0 Å². The zero-order chi connectivity index (χ0) is 13.1. The minimum absolute atomic E-state index is 0.0742. The van der Waals surface area contributed by atoms with Crippen molar-refractivity contribution in [2.75, 3.05) is 0 Å². The van der Waals surface area contributed by atoms with Crippen LogP contribution in [0.5, 0.6) is 0 Å². The highest BCUT2D eigenvalue weighted by Crippen LogP contribution is 2.12. The number of benzene rings is 1. The quantitative estimate of drug-likeness (QED) is 0.773. The Morgan fingerprint density at radius 1 is 1.28 bits per heavy atom. The summed E-state index contributed by atoms with van der Waals surface area (Å²) in [7, 11) is 0. The van der Waals surface area contributed by atoms with Crippen LogP contribution in [0.3, 0.4) is 0 Å². The predicted octanol–water partition coefficient (Wildman–Crippen LogP) is 2.95. The molecule has 1 aromatic heterocycles. The molecule has 0 N–H and O–H groups in total. The number of nitrogens with zero attached hydrogens (tertiary/aromatic N) is 2. The summed E-state index contributed by atoms with van der Waals surface area (Å²) in [5.74, 6) is 0.626. The van der Waals surface area contributed by atoms with Crippen molar-refractivity contribution in [3.63, 3.8) is 0 Å². The van der Waals surface area contributed by atoms with E-state index in [0.717, 1.165) is 12.1 Å². The van der Waals surface area contributed by atoms with E-state index in [9.17, 15) is 4.79 Å². The number of aryl methyl sites for hydroxylation is 3. The lowest BCUT2D eigenvalue weighted by Crippen LogP contribution is -2.11. The lowest BCUT2D eigenvalue weighted by Gasteiger charge is -2.06. The van der Waals surface area contributed by atoms with E-state index in [-0.39, 0.29) is 5.78 Å². The van der Waals surface area contributed by atoms with Crippen molar-refractivity contribution >= 4 is 5.78 Å². The van der Waals surface area contributed by atoms with Gasteiger partial charge in [0.05, 0.1) is 0 Å². The molecule has 18 heavy (non-hydrogen) atoms. The van der Waals surface area contributed by atoms with E-state index in [1.54, 1.807) is 6.20 Å². The first-order valence-corrected chi connectivity index (χ1v) is 6.22. The standard InChI is InChI=1S/C15H18N2O/c1-4-17-8-7-16-15(17)14(18)10-13-6-5-11(2)12(3)9-13/h5-9H,4,10H2,1-3H3. The van der Waals surface area contributed by atoms with E-state index in [1.807, 2.05) is 23.8 Å². The van der Waals surface area contributed by atoms with Crippen LogP contribution in [0.1, 0.15) is 34.2 Å². The van der Waals surface area contributed by atoms with Crippen LogP contribution in [0, 0.1) is 13.8 Å². The average molecular weight is 242 g/mol. The molecule has 1 aromatic carbocycles. The first kappa shape index (κ1) is 12.6. The third kappa shape index (κ3) is 2.50. The summed E-state index contributed by atoms with van der Waals surface area (Å²) in [6.45, 7) is 6.92. The summed E-state index contributed by atoms with van der Waals surface area (Å²) in [5.41, 5.74) is 3.52. The van der Waals surface area contributed by atoms with E-state index >= 15 is 0 Å². The zero-order valence-electron chi connectivity index (χ0n) is 11.1. The Balaban J connectivity index is 2.19. The Labute approximate surface area is 107 Å². The molecule has 0 amide bonds. The van der Waals surface area contributed by atoms with Gasteiger partial charge >= 0.3 is 0 Å². The average Bonchev–Trinajstić information content (AvgIpc) is 2.82. The van der Waals surface area contributed by atoms with Gasteiger partial charge in [-0.1, -0.05) is 18.2 Å². The number of aromatic nitrogens is 2. The van der Waals surface area contributed by atoms with Crippen molar-refractivity contribution in [2.45, 2.75) is 33.7 Å². The molecular weight excluding hydrogens is 224 g/mol. The van der Waals surface area contributed by atoms with E-state index < -0.39 is 0 Å². The van der Waals surface area contributed by atoms with Crippen LogP contribution in [0.2, 0.25) is 0 Å². The third-order valence-electron chi connectivity index (χ3n) is 3.24. The lowest BCUT2D eigenvalue weighted by molar-refractivity contribution is 0.0979. The molecule has 3 heteroatoms. The molecular formula is C15H18N2O. The summed E-state index contributed by atoms with van der Waals surface area (Å²) in [6.07, 6.45) is 3.93. The molecule has 3 nitrogen and oxygen atoms in total. The second-order valence-corrected chi connectivity index (χ2v) is 4.56. The van der Waals surface area contributed by atoms with Crippen LogP contribution in [0.15, 0.2) is 30.6 Å². The SMILES string of the molecule is CCn1ccnc1C(=O)Cc1ccc(C)c(C)c1. The van der Waals surface area contributed by atoms with Gasteiger partial charge in [0.15, 0.2) is 5.82 Å². The van der Waals surface area contributed by atoms with Crippen molar-refractivity contribution in [1.29, 1.82) is 0 Å². The number of carbonyl (C=O) groups is 1. The van der Waals surface area contributed by atoms with Crippen LogP contribution in [0.25, 0.3) is 0 Å². The summed E-state index contributed by atoms with van der Waals surface area (Å²) < 4.78 is 1.88. The maximum absolute atomic E-state index is 12.2. The number of ketones is 1. The van der Waals surface area contributed by atoms with Crippen molar-refractivity contribution in [3.8, 4) is 0 Å². The van der Waals surface area contributed by atoms with Crippen LogP contribution in [-0.2, 0) is 13.0 Å². The van der Waals surface area contributed by atoms with Gasteiger partial charge < -0.3 is 4.57 Å². The monoisotopic (exact) mass is 242 g/mol. The van der Waals surface area contributed by atoms with Gasteiger partial charge in [0.1, 0.15) is 0 Å². The molecule has 0 atom stereocenters. The fraction of sp³-hybridized carbons (Fsp3) is 0.333. The van der Waals surface area contributed by atoms with Crippen molar-refractivity contribution in [3.05, 3.63) is 53.1 Å². The van der Waals surface area contributed by atoms with Crippen molar-refractivity contribution in [2.24, 2.45) is 0 Å². The number of hydrogen-bond donors (Lipinski definition) is 0. The highest BCUT2D eigenvalue weighted by molar-refractivity contribution is 5.94. The molecule has 0 radical (unpaired) electrons. The lowest BCUT2D eigenvalue weighted by atomic mass is 10.0. The molecule has 2 aromatic rings. The molecule has 0 aliphatic carbocycles. The van der Waals surface area contributed by atoms with E-state index in [1.165, 1.54) is 11.1 Å². The summed E-state index contributed by atoms with van der Waals surface area (Å²) in [6, 6.07) is 6.15. The zero-order valence-corrected chi connectivity index (χ0v) is 11.1. The van der Waals surface area contributed by atoms with Gasteiger partial charge in [0.2, 0.25) is 5.78 Å². The van der Waals surface area contributed by atoms with Gasteiger partial charge in [-0.05, 0) is 37.5 Å². The molecule has 2 rings (SSSR count). The number of hydrogen-bond acceptors (Lipinski definition) is 2. The molecule has 0 saturated carbocycles. The van der Waals surface area contributed by atoms with Crippen molar-refractivity contribution < 1.29 is 4.79 Å². The molecule has 94 valence electrons. The minimum Gasteiger partial charge on any atom is -0.329 e. The minimum atomic E-state index is 0.0742. The Hall–Kier alpha value is -1.90. The number of rotatable bonds is 4. The second kappa shape index (κ2) is 5.17. The number of Topliss-reactive ketones (excluding diaryl/α,β-unsaturated/α-hetero) is 1. The maximum Gasteiger partial charge on any atom is 0.202 e. The summed E-state index contributed by atoms with van der Waals surface area (Å²) >= 11 is 0. The fourth-order valence-corrected chi connectivity index (χ4v) is 1.99. The smallest absolute Gasteiger partial charge is 0.202 e. The molecule has 0 saturated heterocycles. The van der Waals surface area contributed by atoms with Gasteiger partial charge in [0.25, 0.3) is 0 Å². The molecule has 0 unspecified atom stereocenters. The van der Waals surface area contributed by atoms with Crippen molar-refractivity contribution in [1.82, 2.24) is 9.55 Å². The van der Waals surface area contributed by atoms with Crippen LogP contribution in [0.4, 0.5) is 0 Å². The first-order valence-electron chi connectivity index (χ1n) is 6.22. The molecule has 0 spiro atoms. The van der Waals surface area contributed by atoms with E-state index in [2.05, 4.69) is 31.0 Å². The van der Waals surface area contributed by atoms with Gasteiger partial charge in [-0.15, -0.1) is 0 Å². The summed E-state index contributed by atoms with van der Waals surface area (Å²) in [4.78, 5) is 16.3. The largest absolute Gasteiger partial charge is 0.329 e. The first-order chi connectivity index (χ1) is 8.61. The third-order valence-corrected chi connectivity index (χ3v) is 3.24. The van der Waals surface area contributed by atoms with E-state index in [0.29, 0.717) is 12.2 Å². The maximum atomic E-state index is 12.2. The van der Waals surface area contributed by atoms with Gasteiger partial charge in [-0.2, -0.15) is 0 Å². The second-order valence-electron chi connectivity index (χ2n) is 4.56. The Morgan fingerprint density at radius 3 is 2.72 bits per heavy atom. The molecule has 0 bridgehead atoms. The van der Waals surface area contributed by atoms with Gasteiger partial charge in [0, 0.05) is 25.4 Å². The van der Waals surface area contributed by atoms with Crippen LogP contribution in [-0.4, -0.2) is 15.3 Å². The topological polar surface area (TPSA) is 34.9 Å². The Bertz CT molecular complexity index is 570. The highest BCUT2D eigenvalue weighted by Gasteiger charge is 2.12. The van der Waals surface area contributed by atoms with Crippen LogP contribution < -0.4 is 0 Å².